The first-order valence-electron chi connectivity index (χ1n) is 10.8. The van der Waals surface area contributed by atoms with Crippen LogP contribution >= 0.6 is 11.3 Å². The molecule has 7 nitrogen and oxygen atoms in total. The predicted molar refractivity (Wildman–Crippen MR) is 131 cm³/mol. The van der Waals surface area contributed by atoms with Crippen molar-refractivity contribution in [3.05, 3.63) is 64.2 Å². The maximum atomic E-state index is 13.3. The molecular formula is C24H29N3O4S2. The number of ether oxygens (including phenoxy) is 2. The van der Waals surface area contributed by atoms with Gasteiger partial charge in [0.1, 0.15) is 16.4 Å². The van der Waals surface area contributed by atoms with Gasteiger partial charge in [-0.1, -0.05) is 18.2 Å². The fraction of sp³-hybridized carbons (Fsp3) is 0.375. The molecule has 2 heterocycles. The van der Waals surface area contributed by atoms with Gasteiger partial charge >= 0.3 is 0 Å². The normalized spacial score (nSPS) is 15.0. The summed E-state index contributed by atoms with van der Waals surface area (Å²) in [7, 11) is -0.720. The number of nitrogens with zero attached hydrogens (tertiary/aromatic N) is 3. The van der Waals surface area contributed by atoms with E-state index < -0.39 is 10.0 Å². The van der Waals surface area contributed by atoms with E-state index in [-0.39, 0.29) is 4.90 Å². The second-order valence-electron chi connectivity index (χ2n) is 8.08. The minimum atomic E-state index is -3.70. The third-order valence-electron chi connectivity index (χ3n) is 6.04. The molecule has 1 fully saturated rings. The lowest BCUT2D eigenvalue weighted by molar-refractivity contribution is 0.370. The molecule has 0 atom stereocenters. The van der Waals surface area contributed by atoms with Crippen LogP contribution in [0.15, 0.2) is 46.7 Å². The summed E-state index contributed by atoms with van der Waals surface area (Å²) < 4.78 is 38.6. The highest BCUT2D eigenvalue weighted by Crippen LogP contribution is 2.32. The SMILES string of the molecule is COc1ccc(OC)c(S(=O)(=O)N2CCN(c3nc(Cc4c(C)cccc4C)cs3)CC2)c1. The van der Waals surface area contributed by atoms with Crippen LogP contribution in [0.4, 0.5) is 5.13 Å². The molecule has 0 aliphatic carbocycles. The molecule has 1 aliphatic rings. The third kappa shape index (κ3) is 4.85. The van der Waals surface area contributed by atoms with E-state index >= 15 is 0 Å². The standard InChI is InChI=1S/C24H29N3O4S2/c1-17-6-5-7-18(2)21(17)14-19-16-32-24(25-19)26-10-12-27(13-11-26)33(28,29)23-15-20(30-3)8-9-22(23)31-4/h5-9,15-16H,10-14H2,1-4H3. The summed E-state index contributed by atoms with van der Waals surface area (Å²) in [4.78, 5) is 7.13. The Kier molecular flexibility index (Phi) is 6.92. The largest absolute Gasteiger partial charge is 0.497 e. The first-order chi connectivity index (χ1) is 15.8. The van der Waals surface area contributed by atoms with E-state index in [1.807, 2.05) is 0 Å². The highest BCUT2D eigenvalue weighted by molar-refractivity contribution is 7.89. The van der Waals surface area contributed by atoms with E-state index in [0.29, 0.717) is 37.7 Å². The zero-order valence-electron chi connectivity index (χ0n) is 19.4. The number of hydrogen-bond donors (Lipinski definition) is 0. The molecule has 4 rings (SSSR count). The van der Waals surface area contributed by atoms with Crippen molar-refractivity contribution in [2.24, 2.45) is 0 Å². The predicted octanol–water partition coefficient (Wildman–Crippen LogP) is 3.88. The van der Waals surface area contributed by atoms with Crippen LogP contribution < -0.4 is 14.4 Å². The summed E-state index contributed by atoms with van der Waals surface area (Å²) in [5, 5.41) is 3.04. The lowest BCUT2D eigenvalue weighted by atomic mass is 9.99. The minimum absolute atomic E-state index is 0.128. The van der Waals surface area contributed by atoms with Gasteiger partial charge in [-0.15, -0.1) is 11.3 Å². The summed E-state index contributed by atoms with van der Waals surface area (Å²) in [6.45, 7) is 6.20. The van der Waals surface area contributed by atoms with Gasteiger partial charge in [-0.3, -0.25) is 0 Å². The van der Waals surface area contributed by atoms with Gasteiger partial charge < -0.3 is 14.4 Å². The molecule has 9 heteroatoms. The first kappa shape index (κ1) is 23.5. The Labute approximate surface area is 199 Å². The number of methoxy groups -OCH3 is 2. The fourth-order valence-corrected chi connectivity index (χ4v) is 6.55. The Hall–Kier alpha value is -2.62. The van der Waals surface area contributed by atoms with Crippen molar-refractivity contribution in [3.63, 3.8) is 0 Å². The monoisotopic (exact) mass is 487 g/mol. The second kappa shape index (κ2) is 9.70. The maximum absolute atomic E-state index is 13.3. The molecule has 1 saturated heterocycles. The Morgan fingerprint density at radius 2 is 1.70 bits per heavy atom. The molecule has 0 unspecified atom stereocenters. The number of rotatable bonds is 7. The van der Waals surface area contributed by atoms with Gasteiger partial charge in [0.2, 0.25) is 10.0 Å². The van der Waals surface area contributed by atoms with Crippen molar-refractivity contribution < 1.29 is 17.9 Å². The van der Waals surface area contributed by atoms with Crippen molar-refractivity contribution in [2.75, 3.05) is 45.3 Å². The van der Waals surface area contributed by atoms with Gasteiger partial charge in [-0.05, 0) is 42.7 Å². The van der Waals surface area contributed by atoms with Crippen LogP contribution in [0.1, 0.15) is 22.4 Å². The number of benzene rings is 2. The molecule has 0 saturated carbocycles. The summed E-state index contributed by atoms with van der Waals surface area (Å²) in [5.74, 6) is 0.793. The fourth-order valence-electron chi connectivity index (χ4n) is 4.08. The molecule has 0 amide bonds. The highest BCUT2D eigenvalue weighted by Gasteiger charge is 2.32. The minimum Gasteiger partial charge on any atom is -0.497 e. The Morgan fingerprint density at radius 3 is 2.33 bits per heavy atom. The van der Waals surface area contributed by atoms with Gasteiger partial charge in [0.05, 0.1) is 19.9 Å². The summed E-state index contributed by atoms with van der Waals surface area (Å²) in [6.07, 6.45) is 0.805. The number of thiazole rings is 1. The van der Waals surface area contributed by atoms with Crippen LogP contribution in [0.5, 0.6) is 11.5 Å². The second-order valence-corrected chi connectivity index (χ2v) is 10.8. The number of hydrogen-bond acceptors (Lipinski definition) is 7. The number of sulfonamides is 1. The molecule has 0 N–H and O–H groups in total. The summed E-state index contributed by atoms with van der Waals surface area (Å²) in [5.41, 5.74) is 4.91. The van der Waals surface area contributed by atoms with E-state index in [2.05, 4.69) is 42.3 Å². The molecule has 3 aromatic rings. The van der Waals surface area contributed by atoms with E-state index in [1.54, 1.807) is 23.5 Å². The number of aryl methyl sites for hydroxylation is 2. The molecule has 2 aromatic carbocycles. The van der Waals surface area contributed by atoms with E-state index in [1.165, 1.54) is 41.3 Å². The van der Waals surface area contributed by atoms with Crippen LogP contribution in [0.2, 0.25) is 0 Å². The molecule has 1 aromatic heterocycles. The lowest BCUT2D eigenvalue weighted by Crippen LogP contribution is -2.48. The topological polar surface area (TPSA) is 72.0 Å². The molecule has 0 spiro atoms. The smallest absolute Gasteiger partial charge is 0.247 e. The van der Waals surface area contributed by atoms with Crippen LogP contribution in [-0.2, 0) is 16.4 Å². The van der Waals surface area contributed by atoms with Gasteiger partial charge in [0.25, 0.3) is 0 Å². The van der Waals surface area contributed by atoms with Gasteiger partial charge in [-0.25, -0.2) is 13.4 Å². The molecule has 0 radical (unpaired) electrons. The average molecular weight is 488 g/mol. The van der Waals surface area contributed by atoms with Crippen LogP contribution in [-0.4, -0.2) is 58.1 Å². The molecule has 176 valence electrons. The van der Waals surface area contributed by atoms with E-state index in [4.69, 9.17) is 14.5 Å². The van der Waals surface area contributed by atoms with Crippen LogP contribution in [0, 0.1) is 13.8 Å². The molecule has 0 bridgehead atoms. The first-order valence-corrected chi connectivity index (χ1v) is 13.1. The van der Waals surface area contributed by atoms with Crippen molar-refractivity contribution in [1.82, 2.24) is 9.29 Å². The summed E-state index contributed by atoms with van der Waals surface area (Å²) >= 11 is 1.61. The molecule has 33 heavy (non-hydrogen) atoms. The van der Waals surface area contributed by atoms with Crippen LogP contribution in [0.25, 0.3) is 0 Å². The molecule has 1 aliphatic heterocycles. The highest BCUT2D eigenvalue weighted by atomic mass is 32.2. The zero-order valence-corrected chi connectivity index (χ0v) is 21.0. The number of piperazine rings is 1. The Bertz CT molecular complexity index is 1210. The zero-order chi connectivity index (χ0) is 23.6. The van der Waals surface area contributed by atoms with Crippen molar-refractivity contribution in [3.8, 4) is 11.5 Å². The van der Waals surface area contributed by atoms with Gasteiger partial charge in [-0.2, -0.15) is 4.31 Å². The lowest BCUT2D eigenvalue weighted by Gasteiger charge is -2.34. The maximum Gasteiger partial charge on any atom is 0.247 e. The summed E-state index contributed by atoms with van der Waals surface area (Å²) in [6, 6.07) is 11.2. The van der Waals surface area contributed by atoms with E-state index in [0.717, 1.165) is 17.2 Å². The van der Waals surface area contributed by atoms with Crippen LogP contribution in [0.3, 0.4) is 0 Å². The molecular weight excluding hydrogens is 458 g/mol. The van der Waals surface area contributed by atoms with Crippen molar-refractivity contribution >= 4 is 26.5 Å². The Balaban J connectivity index is 1.45. The van der Waals surface area contributed by atoms with Gasteiger partial charge in [0, 0.05) is 44.0 Å². The van der Waals surface area contributed by atoms with Crippen molar-refractivity contribution in [1.29, 1.82) is 0 Å². The Morgan fingerprint density at radius 1 is 1.00 bits per heavy atom. The number of aromatic nitrogens is 1. The quantitative estimate of drug-likeness (QED) is 0.504. The van der Waals surface area contributed by atoms with Crippen molar-refractivity contribution in [2.45, 2.75) is 25.2 Å². The third-order valence-corrected chi connectivity index (χ3v) is 8.91. The number of anilines is 1. The average Bonchev–Trinajstić information content (AvgIpc) is 3.30. The van der Waals surface area contributed by atoms with Gasteiger partial charge in [0.15, 0.2) is 5.13 Å². The van der Waals surface area contributed by atoms with E-state index in [9.17, 15) is 8.42 Å².